The minimum Gasteiger partial charge on any atom is -0.493 e. The van der Waals surface area contributed by atoms with Crippen molar-refractivity contribution in [2.24, 2.45) is 0 Å². The molecule has 0 bridgehead atoms. The number of benzene rings is 2. The maximum Gasteiger partial charge on any atom is 0.387 e. The van der Waals surface area contributed by atoms with E-state index in [0.717, 1.165) is 23.5 Å². The Labute approximate surface area is 240 Å². The SMILES string of the molecule is [2H]C([2H])([2H])Oc1cc([C@H](Cc2c(Cl)cncc2Cl)OC(=O)c2ccc(CNc3ccccc3F)s2)ccc1OC(F)F. The molecule has 0 amide bonds. The van der Waals surface area contributed by atoms with Crippen molar-refractivity contribution in [1.82, 2.24) is 4.98 Å². The Morgan fingerprint density at radius 2 is 1.87 bits per heavy atom. The molecule has 4 aromatic rings. The minimum atomic E-state index is -3.25. The summed E-state index contributed by atoms with van der Waals surface area (Å²) >= 11 is 13.7. The van der Waals surface area contributed by atoms with E-state index in [1.54, 1.807) is 24.3 Å². The average molecular weight is 600 g/mol. The summed E-state index contributed by atoms with van der Waals surface area (Å²) in [4.78, 5) is 18.1. The number of para-hydroxylation sites is 1. The lowest BCUT2D eigenvalue weighted by molar-refractivity contribution is -0.0512. The van der Waals surface area contributed by atoms with Crippen LogP contribution in [0.1, 0.15) is 35.9 Å². The predicted octanol–water partition coefficient (Wildman–Crippen LogP) is 7.95. The summed E-state index contributed by atoms with van der Waals surface area (Å²) in [6, 6.07) is 12.9. The molecule has 0 spiro atoms. The van der Waals surface area contributed by atoms with Crippen LogP contribution in [0.25, 0.3) is 0 Å². The highest BCUT2D eigenvalue weighted by Gasteiger charge is 2.24. The molecule has 0 unspecified atom stereocenters. The number of esters is 1. The van der Waals surface area contributed by atoms with Gasteiger partial charge in [0.1, 0.15) is 16.8 Å². The van der Waals surface area contributed by atoms with Gasteiger partial charge in [0.15, 0.2) is 11.5 Å². The summed E-state index contributed by atoms with van der Waals surface area (Å²) in [6.07, 6.45) is 1.48. The Morgan fingerprint density at radius 1 is 1.10 bits per heavy atom. The maximum absolute atomic E-state index is 13.9. The van der Waals surface area contributed by atoms with Gasteiger partial charge in [0.25, 0.3) is 0 Å². The third kappa shape index (κ3) is 7.35. The van der Waals surface area contributed by atoms with Gasteiger partial charge in [-0.1, -0.05) is 41.4 Å². The van der Waals surface area contributed by atoms with Gasteiger partial charge in [0.2, 0.25) is 0 Å². The van der Waals surface area contributed by atoms with Crippen LogP contribution in [0, 0.1) is 5.82 Å². The lowest BCUT2D eigenvalue weighted by Gasteiger charge is -2.21. The molecule has 0 saturated heterocycles. The van der Waals surface area contributed by atoms with Crippen LogP contribution in [0.15, 0.2) is 67.0 Å². The van der Waals surface area contributed by atoms with Crippen molar-refractivity contribution >= 4 is 46.2 Å². The molecule has 0 aliphatic carbocycles. The smallest absolute Gasteiger partial charge is 0.387 e. The van der Waals surface area contributed by atoms with E-state index in [2.05, 4.69) is 15.0 Å². The lowest BCUT2D eigenvalue weighted by atomic mass is 10.0. The van der Waals surface area contributed by atoms with Gasteiger partial charge >= 0.3 is 12.6 Å². The van der Waals surface area contributed by atoms with E-state index in [1.807, 2.05) is 0 Å². The first-order valence-corrected chi connectivity index (χ1v) is 12.8. The molecular formula is C27H21Cl2F3N2O4S. The van der Waals surface area contributed by atoms with Gasteiger partial charge in [-0.25, -0.2) is 9.18 Å². The number of rotatable bonds is 11. The standard InChI is InChI=1S/C27H21Cl2F3N2O4S/c1-36-24-10-15(6-8-22(24)38-27(31)32)23(11-17-18(28)13-33-14-19(17)29)37-26(35)25-9-7-16(39-25)12-34-21-5-3-2-4-20(21)30/h2-10,13-14,23,27,34H,11-12H2,1H3/t23-/m0/s1/i1D3. The van der Waals surface area contributed by atoms with E-state index >= 15 is 0 Å². The number of methoxy groups -OCH3 is 1. The molecular weight excluding hydrogens is 576 g/mol. The molecule has 39 heavy (non-hydrogen) atoms. The first-order valence-electron chi connectivity index (χ1n) is 12.7. The molecule has 0 aliphatic rings. The molecule has 0 fully saturated rings. The van der Waals surface area contributed by atoms with E-state index < -0.39 is 43.0 Å². The second kappa shape index (κ2) is 13.1. The van der Waals surface area contributed by atoms with Crippen molar-refractivity contribution in [3.63, 3.8) is 0 Å². The molecule has 0 saturated carbocycles. The van der Waals surface area contributed by atoms with Crippen LogP contribution in [0.3, 0.4) is 0 Å². The topological polar surface area (TPSA) is 69.7 Å². The van der Waals surface area contributed by atoms with Gasteiger partial charge in [0, 0.05) is 30.2 Å². The van der Waals surface area contributed by atoms with Crippen molar-refractivity contribution in [2.45, 2.75) is 25.7 Å². The lowest BCUT2D eigenvalue weighted by Crippen LogP contribution is -2.14. The van der Waals surface area contributed by atoms with Gasteiger partial charge in [-0.15, -0.1) is 11.3 Å². The van der Waals surface area contributed by atoms with Gasteiger partial charge in [-0.3, -0.25) is 4.98 Å². The first-order chi connectivity index (χ1) is 19.9. The molecule has 6 nitrogen and oxygen atoms in total. The number of alkyl halides is 2. The second-order valence-electron chi connectivity index (χ2n) is 7.97. The minimum absolute atomic E-state index is 0.0821. The van der Waals surface area contributed by atoms with Crippen LogP contribution in [-0.2, 0) is 17.7 Å². The van der Waals surface area contributed by atoms with Crippen LogP contribution in [0.5, 0.6) is 11.5 Å². The number of carbonyl (C=O) groups is 1. The largest absolute Gasteiger partial charge is 0.493 e. The number of carbonyl (C=O) groups excluding carboxylic acids is 1. The Morgan fingerprint density at radius 3 is 2.59 bits per heavy atom. The Balaban J connectivity index is 1.62. The molecule has 204 valence electrons. The highest BCUT2D eigenvalue weighted by atomic mass is 35.5. The van der Waals surface area contributed by atoms with E-state index in [0.29, 0.717) is 16.1 Å². The number of hydrogen-bond donors (Lipinski definition) is 1. The number of aromatic nitrogens is 1. The number of pyridine rings is 1. The summed E-state index contributed by atoms with van der Waals surface area (Å²) < 4.78 is 77.2. The Bertz CT molecular complexity index is 1540. The highest BCUT2D eigenvalue weighted by molar-refractivity contribution is 7.13. The van der Waals surface area contributed by atoms with Crippen molar-refractivity contribution < 1.29 is 36.3 Å². The van der Waals surface area contributed by atoms with Crippen molar-refractivity contribution in [3.8, 4) is 11.5 Å². The average Bonchev–Trinajstić information content (AvgIpc) is 3.39. The maximum atomic E-state index is 13.9. The van der Waals surface area contributed by atoms with E-state index in [-0.39, 0.29) is 33.5 Å². The van der Waals surface area contributed by atoms with Crippen LogP contribution >= 0.6 is 34.5 Å². The van der Waals surface area contributed by atoms with Crippen molar-refractivity contribution in [1.29, 1.82) is 0 Å². The van der Waals surface area contributed by atoms with Gasteiger partial charge < -0.3 is 19.5 Å². The van der Waals surface area contributed by atoms with Crippen molar-refractivity contribution in [2.75, 3.05) is 12.4 Å². The third-order valence-electron chi connectivity index (χ3n) is 5.45. The number of hydrogen-bond acceptors (Lipinski definition) is 7. The molecule has 2 aromatic carbocycles. The summed E-state index contributed by atoms with van der Waals surface area (Å²) in [5, 5.41) is 3.32. The zero-order valence-corrected chi connectivity index (χ0v) is 22.1. The van der Waals surface area contributed by atoms with Gasteiger partial charge in [0.05, 0.1) is 26.9 Å². The van der Waals surface area contributed by atoms with E-state index in [9.17, 15) is 18.0 Å². The predicted molar refractivity (Wildman–Crippen MR) is 144 cm³/mol. The highest BCUT2D eigenvalue weighted by Crippen LogP contribution is 2.36. The number of nitrogens with one attached hydrogen (secondary N) is 1. The first kappa shape index (κ1) is 24.6. The second-order valence-corrected chi connectivity index (χ2v) is 9.95. The van der Waals surface area contributed by atoms with Crippen LogP contribution in [0.4, 0.5) is 18.9 Å². The Hall–Kier alpha value is -3.47. The fourth-order valence-corrected chi connectivity index (χ4v) is 4.95. The molecule has 2 aromatic heterocycles. The van der Waals surface area contributed by atoms with Gasteiger partial charge in [-0.05, 0) is 47.5 Å². The van der Waals surface area contributed by atoms with Crippen LogP contribution in [-0.4, -0.2) is 24.6 Å². The number of halogens is 5. The Kier molecular flexibility index (Phi) is 8.22. The number of anilines is 1. The zero-order valence-electron chi connectivity index (χ0n) is 22.8. The normalized spacial score (nSPS) is 13.2. The molecule has 12 heteroatoms. The number of thiophene rings is 1. The summed E-state index contributed by atoms with van der Waals surface area (Å²) in [7, 11) is -2.99. The van der Waals surface area contributed by atoms with Crippen LogP contribution in [0.2, 0.25) is 10.0 Å². The fraction of sp³-hybridized carbons (Fsp3) is 0.185. The van der Waals surface area contributed by atoms with Gasteiger partial charge in [-0.2, -0.15) is 8.78 Å². The fourth-order valence-electron chi connectivity index (χ4n) is 3.60. The van der Waals surface area contributed by atoms with Crippen molar-refractivity contribution in [3.05, 3.63) is 104 Å². The molecule has 0 aliphatic heterocycles. The molecule has 1 atom stereocenters. The molecule has 1 N–H and O–H groups in total. The quantitative estimate of drug-likeness (QED) is 0.176. The summed E-state index contributed by atoms with van der Waals surface area (Å²) in [5.74, 6) is -2.20. The van der Waals surface area contributed by atoms with Crippen LogP contribution < -0.4 is 14.8 Å². The monoisotopic (exact) mass is 599 g/mol. The number of nitrogens with zero attached hydrogens (tertiary/aromatic N) is 1. The zero-order chi connectivity index (χ0) is 30.4. The molecule has 2 heterocycles. The van der Waals surface area contributed by atoms with E-state index in [4.69, 9.17) is 36.8 Å². The number of ether oxygens (including phenoxy) is 3. The molecule has 4 rings (SSSR count). The summed E-state index contributed by atoms with van der Waals surface area (Å²) in [6.45, 7) is -3.01. The summed E-state index contributed by atoms with van der Waals surface area (Å²) in [5.41, 5.74) is 0.861. The van der Waals surface area contributed by atoms with E-state index in [1.165, 1.54) is 30.6 Å². The molecule has 0 radical (unpaired) electrons. The third-order valence-corrected chi connectivity index (χ3v) is 7.16.